The van der Waals surface area contributed by atoms with Crippen LogP contribution in [-0.4, -0.2) is 42.2 Å². The molecule has 0 aliphatic carbocycles. The van der Waals surface area contributed by atoms with Crippen molar-refractivity contribution < 1.29 is 0 Å². The van der Waals surface area contributed by atoms with E-state index < -0.39 is 0 Å². The average Bonchev–Trinajstić information content (AvgIpc) is 2.57. The highest BCUT2D eigenvalue weighted by molar-refractivity contribution is 6.29. The normalized spacial score (nSPS) is 18.3. The molecule has 0 atom stereocenters. The molecule has 1 fully saturated rings. The van der Waals surface area contributed by atoms with Gasteiger partial charge in [0.2, 0.25) is 0 Å². The summed E-state index contributed by atoms with van der Waals surface area (Å²) in [6.45, 7) is 5.72. The number of aromatic nitrogens is 1. The lowest BCUT2D eigenvalue weighted by molar-refractivity contribution is 0.244. The van der Waals surface area contributed by atoms with Crippen LogP contribution in [-0.2, 0) is 13.5 Å². The second kappa shape index (κ2) is 5.01. The van der Waals surface area contributed by atoms with E-state index in [0.29, 0.717) is 0 Å². The van der Waals surface area contributed by atoms with Crippen LogP contribution >= 0.6 is 11.6 Å². The number of aryl methyl sites for hydroxylation is 1. The topological polar surface area (TPSA) is 20.2 Å². The number of rotatable bonds is 3. The van der Waals surface area contributed by atoms with Crippen LogP contribution in [0.25, 0.3) is 0 Å². The summed E-state index contributed by atoms with van der Waals surface area (Å²) in [7, 11) is 1.98. The molecule has 3 nitrogen and oxygen atoms in total. The number of halogens is 1. The molecule has 4 heteroatoms. The Balaban J connectivity index is 1.81. The van der Waals surface area contributed by atoms with E-state index in [-0.39, 0.29) is 0 Å². The van der Waals surface area contributed by atoms with Gasteiger partial charge in [0.1, 0.15) is 5.15 Å². The number of hydrogen-bond donors (Lipinski definition) is 1. The summed E-state index contributed by atoms with van der Waals surface area (Å²) in [6.07, 6.45) is 3.21. The lowest BCUT2D eigenvalue weighted by Gasteiger charge is -2.26. The molecule has 1 aliphatic heterocycles. The highest BCUT2D eigenvalue weighted by atomic mass is 35.5. The van der Waals surface area contributed by atoms with Crippen molar-refractivity contribution in [2.24, 2.45) is 7.05 Å². The van der Waals surface area contributed by atoms with Crippen molar-refractivity contribution in [3.63, 3.8) is 0 Å². The molecule has 0 amide bonds. The van der Waals surface area contributed by atoms with E-state index in [1.165, 1.54) is 18.7 Å². The fraction of sp³-hybridized carbons (Fsp3) is 0.636. The van der Waals surface area contributed by atoms with Crippen LogP contribution < -0.4 is 5.32 Å². The third-order valence-electron chi connectivity index (χ3n) is 2.93. The lowest BCUT2D eigenvalue weighted by atomic mass is 10.2. The standard InChI is InChI=1S/C11H18ClN3/c1-14-9-10(8-11(14)12)2-5-15-6-3-13-4-7-15/h8-9,13H,2-7H2,1H3. The number of nitrogens with zero attached hydrogens (tertiary/aromatic N) is 2. The molecule has 0 radical (unpaired) electrons. The summed E-state index contributed by atoms with van der Waals surface area (Å²) in [5.74, 6) is 0. The SMILES string of the molecule is Cn1cc(CCN2CCNCC2)cc1Cl. The maximum Gasteiger partial charge on any atom is 0.108 e. The minimum atomic E-state index is 0.824. The third kappa shape index (κ3) is 2.97. The minimum absolute atomic E-state index is 0.824. The van der Waals surface area contributed by atoms with Crippen LogP contribution in [0.15, 0.2) is 12.3 Å². The van der Waals surface area contributed by atoms with Crippen LogP contribution in [0.1, 0.15) is 5.56 Å². The van der Waals surface area contributed by atoms with Gasteiger partial charge in [-0.3, -0.25) is 0 Å². The maximum absolute atomic E-state index is 5.99. The van der Waals surface area contributed by atoms with Crippen molar-refractivity contribution in [1.29, 1.82) is 0 Å². The monoisotopic (exact) mass is 227 g/mol. The minimum Gasteiger partial charge on any atom is -0.342 e. The van der Waals surface area contributed by atoms with Gasteiger partial charge in [-0.15, -0.1) is 0 Å². The molecular weight excluding hydrogens is 210 g/mol. The molecule has 1 saturated heterocycles. The van der Waals surface area contributed by atoms with E-state index in [1.807, 2.05) is 11.6 Å². The Kier molecular flexibility index (Phi) is 3.67. The van der Waals surface area contributed by atoms with E-state index in [9.17, 15) is 0 Å². The summed E-state index contributed by atoms with van der Waals surface area (Å²) in [6, 6.07) is 2.06. The first-order valence-corrected chi connectivity index (χ1v) is 5.87. The van der Waals surface area contributed by atoms with Gasteiger partial charge in [-0.05, 0) is 18.1 Å². The van der Waals surface area contributed by atoms with Crippen molar-refractivity contribution in [1.82, 2.24) is 14.8 Å². The smallest absolute Gasteiger partial charge is 0.108 e. The molecule has 0 aromatic carbocycles. The first-order chi connectivity index (χ1) is 7.25. The zero-order chi connectivity index (χ0) is 10.7. The first-order valence-electron chi connectivity index (χ1n) is 5.49. The second-order valence-corrected chi connectivity index (χ2v) is 4.51. The van der Waals surface area contributed by atoms with Crippen LogP contribution in [0, 0.1) is 0 Å². The highest BCUT2D eigenvalue weighted by Crippen LogP contribution is 2.13. The second-order valence-electron chi connectivity index (χ2n) is 4.12. The van der Waals surface area contributed by atoms with Crippen LogP contribution in [0.4, 0.5) is 0 Å². The van der Waals surface area contributed by atoms with Crippen molar-refractivity contribution in [3.8, 4) is 0 Å². The van der Waals surface area contributed by atoms with Gasteiger partial charge in [0.15, 0.2) is 0 Å². The Bertz CT molecular complexity index is 296. The van der Waals surface area contributed by atoms with Gasteiger partial charge in [-0.2, -0.15) is 0 Å². The Hall–Kier alpha value is -0.510. The molecule has 1 aliphatic rings. The highest BCUT2D eigenvalue weighted by Gasteiger charge is 2.09. The Labute approximate surface area is 96.0 Å². The predicted molar refractivity (Wildman–Crippen MR) is 63.4 cm³/mol. The molecule has 2 rings (SSSR count). The molecule has 0 saturated carbocycles. The van der Waals surface area contributed by atoms with Crippen LogP contribution in [0.2, 0.25) is 5.15 Å². The third-order valence-corrected chi connectivity index (χ3v) is 3.30. The van der Waals surface area contributed by atoms with Gasteiger partial charge < -0.3 is 14.8 Å². The summed E-state index contributed by atoms with van der Waals surface area (Å²) < 4.78 is 1.97. The number of piperazine rings is 1. The van der Waals surface area contributed by atoms with Crippen molar-refractivity contribution >= 4 is 11.6 Å². The van der Waals surface area contributed by atoms with Crippen molar-refractivity contribution in [2.75, 3.05) is 32.7 Å². The maximum atomic E-state index is 5.99. The zero-order valence-corrected chi connectivity index (χ0v) is 9.93. The number of nitrogens with one attached hydrogen (secondary N) is 1. The Morgan fingerprint density at radius 3 is 2.73 bits per heavy atom. The average molecular weight is 228 g/mol. The first kappa shape index (κ1) is 11.0. The fourth-order valence-corrected chi connectivity index (χ4v) is 2.15. The van der Waals surface area contributed by atoms with Crippen molar-refractivity contribution in [3.05, 3.63) is 23.0 Å². The van der Waals surface area contributed by atoms with E-state index in [2.05, 4.69) is 22.5 Å². The van der Waals surface area contributed by atoms with E-state index >= 15 is 0 Å². The molecule has 2 heterocycles. The molecule has 1 aromatic rings. The summed E-state index contributed by atoms with van der Waals surface area (Å²) in [5, 5.41) is 4.18. The zero-order valence-electron chi connectivity index (χ0n) is 9.17. The number of hydrogen-bond acceptors (Lipinski definition) is 2. The van der Waals surface area contributed by atoms with E-state index in [0.717, 1.165) is 31.2 Å². The summed E-state index contributed by atoms with van der Waals surface area (Å²) in [4.78, 5) is 2.50. The molecule has 84 valence electrons. The van der Waals surface area contributed by atoms with Gasteiger partial charge in [0.05, 0.1) is 0 Å². The predicted octanol–water partition coefficient (Wildman–Crippen LogP) is 1.13. The van der Waals surface area contributed by atoms with Gasteiger partial charge in [0.25, 0.3) is 0 Å². The van der Waals surface area contributed by atoms with Crippen LogP contribution in [0.3, 0.4) is 0 Å². The van der Waals surface area contributed by atoms with Crippen LogP contribution in [0.5, 0.6) is 0 Å². The van der Waals surface area contributed by atoms with Gasteiger partial charge in [-0.1, -0.05) is 11.6 Å². The van der Waals surface area contributed by atoms with Crippen molar-refractivity contribution in [2.45, 2.75) is 6.42 Å². The molecule has 15 heavy (non-hydrogen) atoms. The van der Waals surface area contributed by atoms with E-state index in [4.69, 9.17) is 11.6 Å². The van der Waals surface area contributed by atoms with E-state index in [1.54, 1.807) is 0 Å². The molecule has 0 unspecified atom stereocenters. The summed E-state index contributed by atoms with van der Waals surface area (Å²) in [5.41, 5.74) is 1.33. The fourth-order valence-electron chi connectivity index (χ4n) is 1.96. The van der Waals surface area contributed by atoms with Gasteiger partial charge in [0, 0.05) is 46.0 Å². The molecule has 1 aromatic heterocycles. The largest absolute Gasteiger partial charge is 0.342 e. The molecular formula is C11H18ClN3. The molecule has 0 spiro atoms. The van der Waals surface area contributed by atoms with Gasteiger partial charge >= 0.3 is 0 Å². The summed E-state index contributed by atoms with van der Waals surface area (Å²) >= 11 is 5.99. The van der Waals surface area contributed by atoms with Gasteiger partial charge in [-0.25, -0.2) is 0 Å². The molecule has 1 N–H and O–H groups in total. The lowest BCUT2D eigenvalue weighted by Crippen LogP contribution is -2.44. The Morgan fingerprint density at radius 1 is 1.40 bits per heavy atom. The quantitative estimate of drug-likeness (QED) is 0.836. The molecule has 0 bridgehead atoms. The Morgan fingerprint density at radius 2 is 2.13 bits per heavy atom.